The zero-order valence-corrected chi connectivity index (χ0v) is 12.6. The van der Waals surface area contributed by atoms with Crippen molar-refractivity contribution in [3.8, 4) is 11.8 Å². The molecule has 1 fully saturated rings. The van der Waals surface area contributed by atoms with Gasteiger partial charge in [0.05, 0.1) is 6.61 Å². The van der Waals surface area contributed by atoms with E-state index in [2.05, 4.69) is 29.1 Å². The van der Waals surface area contributed by atoms with Gasteiger partial charge in [0.2, 0.25) is 0 Å². The molecule has 1 aliphatic rings. The van der Waals surface area contributed by atoms with E-state index >= 15 is 0 Å². The summed E-state index contributed by atoms with van der Waals surface area (Å²) < 4.78 is 0. The number of likely N-dealkylation sites (N-methyl/N-ethyl adjacent to an activating group) is 1. The first-order chi connectivity index (χ1) is 10.1. The number of hydrogen-bond acceptors (Lipinski definition) is 3. The lowest BCUT2D eigenvalue weighted by atomic mass is 10.0. The van der Waals surface area contributed by atoms with Crippen LogP contribution in [0.3, 0.4) is 0 Å². The normalized spacial score (nSPS) is 18.1. The first-order valence-electron chi connectivity index (χ1n) is 7.30. The lowest BCUT2D eigenvalue weighted by molar-refractivity contribution is 0.0938. The molecule has 4 heteroatoms. The Morgan fingerprint density at radius 2 is 2.33 bits per heavy atom. The molecule has 112 valence electrons. The van der Waals surface area contributed by atoms with Crippen LogP contribution in [0.5, 0.6) is 0 Å². The third-order valence-corrected chi connectivity index (χ3v) is 3.69. The average Bonchev–Trinajstić information content (AvgIpc) is 2.86. The molecule has 4 nitrogen and oxygen atoms in total. The van der Waals surface area contributed by atoms with Crippen LogP contribution in [-0.4, -0.2) is 48.7 Å². The fourth-order valence-electron chi connectivity index (χ4n) is 2.43. The number of nitrogens with one attached hydrogen (secondary N) is 1. The second-order valence-electron chi connectivity index (χ2n) is 5.53. The molecule has 0 bridgehead atoms. The van der Waals surface area contributed by atoms with E-state index in [9.17, 15) is 4.79 Å². The van der Waals surface area contributed by atoms with Crippen molar-refractivity contribution in [3.05, 3.63) is 34.9 Å². The standard InChI is InChI=1S/C17H22N2O2/c1-13-6-7-15(11-14(13)5-3-4-10-20)17(21)18-16-8-9-19(2)12-16/h6-7,11,16,20H,4,8-10,12H2,1-2H3,(H,18,21). The number of benzene rings is 1. The number of aryl methyl sites for hydroxylation is 1. The van der Waals surface area contributed by atoms with Gasteiger partial charge in [-0.05, 0) is 44.6 Å². The van der Waals surface area contributed by atoms with E-state index in [1.165, 1.54) is 0 Å². The predicted molar refractivity (Wildman–Crippen MR) is 83.1 cm³/mol. The number of hydrogen-bond donors (Lipinski definition) is 2. The van der Waals surface area contributed by atoms with Gasteiger partial charge in [-0.2, -0.15) is 0 Å². The van der Waals surface area contributed by atoms with E-state index in [0.29, 0.717) is 12.0 Å². The number of rotatable bonds is 3. The van der Waals surface area contributed by atoms with Gasteiger partial charge in [-0.3, -0.25) is 4.79 Å². The van der Waals surface area contributed by atoms with Crippen molar-refractivity contribution < 1.29 is 9.90 Å². The first kappa shape index (κ1) is 15.6. The summed E-state index contributed by atoms with van der Waals surface area (Å²) in [5, 5.41) is 11.8. The molecule has 2 rings (SSSR count). The third kappa shape index (κ3) is 4.32. The van der Waals surface area contributed by atoms with Crippen LogP contribution in [0.1, 0.15) is 34.3 Å². The molecule has 1 atom stereocenters. The van der Waals surface area contributed by atoms with E-state index in [1.807, 2.05) is 25.1 Å². The van der Waals surface area contributed by atoms with Crippen LogP contribution in [0.4, 0.5) is 0 Å². The van der Waals surface area contributed by atoms with Crippen molar-refractivity contribution >= 4 is 5.91 Å². The summed E-state index contributed by atoms with van der Waals surface area (Å²) in [4.78, 5) is 14.5. The molecular formula is C17H22N2O2. The lowest BCUT2D eigenvalue weighted by Gasteiger charge is -2.13. The number of aliphatic hydroxyl groups is 1. The molecular weight excluding hydrogens is 264 g/mol. The van der Waals surface area contributed by atoms with Crippen molar-refractivity contribution in [3.63, 3.8) is 0 Å². The van der Waals surface area contributed by atoms with Gasteiger partial charge in [0.1, 0.15) is 0 Å². The van der Waals surface area contributed by atoms with E-state index in [4.69, 9.17) is 5.11 Å². The molecule has 21 heavy (non-hydrogen) atoms. The van der Waals surface area contributed by atoms with E-state index in [-0.39, 0.29) is 18.6 Å². The summed E-state index contributed by atoms with van der Waals surface area (Å²) in [6, 6.07) is 5.81. The third-order valence-electron chi connectivity index (χ3n) is 3.69. The Morgan fingerprint density at radius 3 is 3.00 bits per heavy atom. The minimum Gasteiger partial charge on any atom is -0.395 e. The highest BCUT2D eigenvalue weighted by Crippen LogP contribution is 2.12. The number of likely N-dealkylation sites (tertiary alicyclic amines) is 1. The summed E-state index contributed by atoms with van der Waals surface area (Å²) in [5.41, 5.74) is 2.53. The van der Waals surface area contributed by atoms with Crippen LogP contribution in [0.15, 0.2) is 18.2 Å². The second kappa shape index (κ2) is 7.26. The van der Waals surface area contributed by atoms with Crippen LogP contribution in [0.25, 0.3) is 0 Å². The molecule has 0 aliphatic carbocycles. The monoisotopic (exact) mass is 286 g/mol. The van der Waals surface area contributed by atoms with Crippen molar-refractivity contribution in [2.45, 2.75) is 25.8 Å². The second-order valence-corrected chi connectivity index (χ2v) is 5.53. The maximum atomic E-state index is 12.3. The zero-order valence-electron chi connectivity index (χ0n) is 12.6. The molecule has 1 aromatic rings. The summed E-state index contributed by atoms with van der Waals surface area (Å²) in [5.74, 6) is 5.87. The lowest BCUT2D eigenvalue weighted by Crippen LogP contribution is -2.36. The van der Waals surface area contributed by atoms with Crippen molar-refractivity contribution in [1.82, 2.24) is 10.2 Å². The van der Waals surface area contributed by atoms with Crippen LogP contribution in [-0.2, 0) is 0 Å². The maximum Gasteiger partial charge on any atom is 0.251 e. The highest BCUT2D eigenvalue weighted by Gasteiger charge is 2.21. The van der Waals surface area contributed by atoms with Crippen molar-refractivity contribution in [1.29, 1.82) is 0 Å². The molecule has 1 unspecified atom stereocenters. The molecule has 1 aromatic carbocycles. The number of aliphatic hydroxyl groups excluding tert-OH is 1. The number of amides is 1. The van der Waals surface area contributed by atoms with E-state index < -0.39 is 0 Å². The van der Waals surface area contributed by atoms with E-state index in [0.717, 1.165) is 30.6 Å². The van der Waals surface area contributed by atoms with Gasteiger partial charge >= 0.3 is 0 Å². The fraction of sp³-hybridized carbons (Fsp3) is 0.471. The topological polar surface area (TPSA) is 52.6 Å². The first-order valence-corrected chi connectivity index (χ1v) is 7.30. The molecule has 1 saturated heterocycles. The van der Waals surface area contributed by atoms with Crippen molar-refractivity contribution in [2.24, 2.45) is 0 Å². The predicted octanol–water partition coefficient (Wildman–Crippen LogP) is 1.16. The smallest absolute Gasteiger partial charge is 0.251 e. The highest BCUT2D eigenvalue weighted by atomic mass is 16.2. The maximum absolute atomic E-state index is 12.3. The van der Waals surface area contributed by atoms with Gasteiger partial charge in [-0.15, -0.1) is 0 Å². The van der Waals surface area contributed by atoms with Gasteiger partial charge in [0.25, 0.3) is 5.91 Å². The number of nitrogens with zero attached hydrogens (tertiary/aromatic N) is 1. The Hall–Kier alpha value is -1.83. The van der Waals surface area contributed by atoms with Crippen LogP contribution >= 0.6 is 0 Å². The van der Waals surface area contributed by atoms with Gasteiger partial charge in [0.15, 0.2) is 0 Å². The molecule has 1 heterocycles. The van der Waals surface area contributed by atoms with Gasteiger partial charge < -0.3 is 15.3 Å². The summed E-state index contributed by atoms with van der Waals surface area (Å²) in [6.45, 7) is 3.95. The number of carbonyl (C=O) groups excluding carboxylic acids is 1. The number of carbonyl (C=O) groups is 1. The Labute approximate surface area is 126 Å². The highest BCUT2D eigenvalue weighted by molar-refractivity contribution is 5.94. The molecule has 0 aromatic heterocycles. The van der Waals surface area contributed by atoms with Crippen LogP contribution in [0, 0.1) is 18.8 Å². The van der Waals surface area contributed by atoms with Crippen LogP contribution < -0.4 is 5.32 Å². The zero-order chi connectivity index (χ0) is 15.2. The van der Waals surface area contributed by atoms with Gasteiger partial charge in [-0.1, -0.05) is 17.9 Å². The largest absolute Gasteiger partial charge is 0.395 e. The quantitative estimate of drug-likeness (QED) is 0.820. The van der Waals surface area contributed by atoms with Crippen LogP contribution in [0.2, 0.25) is 0 Å². The summed E-state index contributed by atoms with van der Waals surface area (Å²) in [6.07, 6.45) is 1.45. The average molecular weight is 286 g/mol. The Kier molecular flexibility index (Phi) is 5.38. The van der Waals surface area contributed by atoms with Gasteiger partial charge in [0, 0.05) is 30.1 Å². The minimum absolute atomic E-state index is 0.0412. The molecule has 1 aliphatic heterocycles. The molecule has 1 amide bonds. The molecule has 0 saturated carbocycles. The minimum atomic E-state index is -0.0412. The fourth-order valence-corrected chi connectivity index (χ4v) is 2.43. The Bertz CT molecular complexity index is 572. The molecule has 0 spiro atoms. The molecule has 0 radical (unpaired) electrons. The van der Waals surface area contributed by atoms with E-state index in [1.54, 1.807) is 0 Å². The molecule has 2 N–H and O–H groups in total. The summed E-state index contributed by atoms with van der Waals surface area (Å²) in [7, 11) is 2.06. The Balaban J connectivity index is 2.07. The summed E-state index contributed by atoms with van der Waals surface area (Å²) >= 11 is 0. The van der Waals surface area contributed by atoms with Gasteiger partial charge in [-0.25, -0.2) is 0 Å². The SMILES string of the molecule is Cc1ccc(C(=O)NC2CCN(C)C2)cc1C#CCCO. The van der Waals surface area contributed by atoms with Crippen molar-refractivity contribution in [2.75, 3.05) is 26.7 Å². The Morgan fingerprint density at radius 1 is 1.52 bits per heavy atom.